The molecule has 28 heavy (non-hydrogen) atoms. The topological polar surface area (TPSA) is 90.1 Å². The van der Waals surface area contributed by atoms with Gasteiger partial charge in [0, 0.05) is 44.2 Å². The second-order valence-corrected chi connectivity index (χ2v) is 7.84. The van der Waals surface area contributed by atoms with Crippen molar-refractivity contribution in [3.63, 3.8) is 0 Å². The molecule has 152 valence electrons. The summed E-state index contributed by atoms with van der Waals surface area (Å²) in [6.07, 6.45) is 6.41. The van der Waals surface area contributed by atoms with Crippen LogP contribution in [0.25, 0.3) is 11.3 Å². The van der Waals surface area contributed by atoms with E-state index in [9.17, 15) is 4.79 Å². The van der Waals surface area contributed by atoms with Gasteiger partial charge in [-0.1, -0.05) is 25.4 Å². The minimum atomic E-state index is 0.0340. The van der Waals surface area contributed by atoms with Crippen LogP contribution in [0.4, 0.5) is 0 Å². The Bertz CT molecular complexity index is 803. The fraction of sp³-hybridized carbons (Fsp3) is 0.619. The number of carbonyl (C=O) groups is 1. The summed E-state index contributed by atoms with van der Waals surface area (Å²) in [5.74, 6) is 1.82. The lowest BCUT2D eigenvalue weighted by Gasteiger charge is -2.27. The third-order valence-electron chi connectivity index (χ3n) is 5.29. The van der Waals surface area contributed by atoms with Crippen molar-refractivity contribution < 1.29 is 14.1 Å². The molecule has 7 heteroatoms. The standard InChI is InChI=1S/C21H30N4O3/c1-13(2)20-23-12-17(19-10-14(3)25-28-19)18(24-20)8-9-22-21(26)15-6-5-7-16(11-15)27-4/h10,12-13,15-16H,5-9,11H2,1-4H3,(H,22,26)/t15-,16-/m0/s1. The van der Waals surface area contributed by atoms with Crippen LogP contribution in [-0.2, 0) is 16.0 Å². The summed E-state index contributed by atoms with van der Waals surface area (Å²) < 4.78 is 10.8. The van der Waals surface area contributed by atoms with Crippen molar-refractivity contribution in [1.29, 1.82) is 0 Å². The van der Waals surface area contributed by atoms with Crippen LogP contribution in [0.3, 0.4) is 0 Å². The first-order chi connectivity index (χ1) is 13.5. The number of ether oxygens (including phenoxy) is 1. The lowest BCUT2D eigenvalue weighted by atomic mass is 9.86. The first kappa shape index (κ1) is 20.5. The molecule has 0 aromatic carbocycles. The van der Waals surface area contributed by atoms with E-state index in [0.717, 1.165) is 48.5 Å². The van der Waals surface area contributed by atoms with Crippen LogP contribution in [0, 0.1) is 12.8 Å². The molecule has 2 atom stereocenters. The molecule has 1 amide bonds. The molecule has 3 rings (SSSR count). The zero-order valence-corrected chi connectivity index (χ0v) is 17.2. The Morgan fingerprint density at radius 1 is 1.39 bits per heavy atom. The smallest absolute Gasteiger partial charge is 0.223 e. The fourth-order valence-electron chi connectivity index (χ4n) is 3.64. The van der Waals surface area contributed by atoms with E-state index in [0.29, 0.717) is 18.7 Å². The molecular formula is C21H30N4O3. The van der Waals surface area contributed by atoms with Gasteiger partial charge < -0.3 is 14.6 Å². The van der Waals surface area contributed by atoms with Gasteiger partial charge in [0.2, 0.25) is 5.91 Å². The molecule has 0 unspecified atom stereocenters. The van der Waals surface area contributed by atoms with E-state index in [-0.39, 0.29) is 23.8 Å². The maximum Gasteiger partial charge on any atom is 0.223 e. The number of aromatic nitrogens is 3. The third kappa shape index (κ3) is 4.95. The predicted molar refractivity (Wildman–Crippen MR) is 106 cm³/mol. The summed E-state index contributed by atoms with van der Waals surface area (Å²) in [7, 11) is 1.72. The molecule has 7 nitrogen and oxygen atoms in total. The van der Waals surface area contributed by atoms with Gasteiger partial charge in [-0.15, -0.1) is 0 Å². The molecule has 0 radical (unpaired) electrons. The molecular weight excluding hydrogens is 356 g/mol. The Morgan fingerprint density at radius 3 is 2.89 bits per heavy atom. The summed E-state index contributed by atoms with van der Waals surface area (Å²) in [6, 6.07) is 1.88. The van der Waals surface area contributed by atoms with E-state index in [2.05, 4.69) is 29.3 Å². The Balaban J connectivity index is 1.67. The van der Waals surface area contributed by atoms with E-state index in [4.69, 9.17) is 14.2 Å². The Hall–Kier alpha value is -2.28. The first-order valence-electron chi connectivity index (χ1n) is 10.1. The van der Waals surface area contributed by atoms with Gasteiger partial charge in [0.05, 0.1) is 23.1 Å². The number of hydrogen-bond donors (Lipinski definition) is 1. The Kier molecular flexibility index (Phi) is 6.78. The molecule has 0 saturated heterocycles. The number of nitrogens with one attached hydrogen (secondary N) is 1. The highest BCUT2D eigenvalue weighted by Crippen LogP contribution is 2.27. The van der Waals surface area contributed by atoms with Gasteiger partial charge >= 0.3 is 0 Å². The maximum absolute atomic E-state index is 12.6. The number of rotatable bonds is 7. The molecule has 2 aromatic rings. The number of amides is 1. The normalized spacial score (nSPS) is 19.8. The average molecular weight is 386 g/mol. The summed E-state index contributed by atoms with van der Waals surface area (Å²) in [4.78, 5) is 21.7. The lowest BCUT2D eigenvalue weighted by molar-refractivity contribution is -0.127. The molecule has 1 N–H and O–H groups in total. The van der Waals surface area contributed by atoms with E-state index >= 15 is 0 Å². The SMILES string of the molecule is CO[C@H]1CCC[C@H](C(=O)NCCc2nc(C(C)C)ncc2-c2cc(C)no2)C1. The Labute approximate surface area is 166 Å². The molecule has 1 fully saturated rings. The van der Waals surface area contributed by atoms with Gasteiger partial charge in [0.1, 0.15) is 5.82 Å². The second kappa shape index (κ2) is 9.28. The average Bonchev–Trinajstić information content (AvgIpc) is 3.13. The van der Waals surface area contributed by atoms with Crippen LogP contribution in [0.5, 0.6) is 0 Å². The van der Waals surface area contributed by atoms with Crippen LogP contribution < -0.4 is 5.32 Å². The largest absolute Gasteiger partial charge is 0.381 e. The van der Waals surface area contributed by atoms with Crippen molar-refractivity contribution in [2.24, 2.45) is 5.92 Å². The minimum absolute atomic E-state index is 0.0340. The molecule has 0 bridgehead atoms. The van der Waals surface area contributed by atoms with Crippen molar-refractivity contribution in [2.45, 2.75) is 64.9 Å². The highest BCUT2D eigenvalue weighted by atomic mass is 16.5. The summed E-state index contributed by atoms with van der Waals surface area (Å²) >= 11 is 0. The molecule has 0 aliphatic heterocycles. The number of hydrogen-bond acceptors (Lipinski definition) is 6. The number of methoxy groups -OCH3 is 1. The predicted octanol–water partition coefficient (Wildman–Crippen LogP) is 3.43. The van der Waals surface area contributed by atoms with Gasteiger partial charge in [0.25, 0.3) is 0 Å². The molecule has 2 heterocycles. The Morgan fingerprint density at radius 2 is 2.21 bits per heavy atom. The van der Waals surface area contributed by atoms with Gasteiger partial charge in [-0.25, -0.2) is 9.97 Å². The lowest BCUT2D eigenvalue weighted by Crippen LogP contribution is -2.36. The quantitative estimate of drug-likeness (QED) is 0.784. The molecule has 2 aromatic heterocycles. The van der Waals surface area contributed by atoms with Gasteiger partial charge in [0.15, 0.2) is 5.76 Å². The van der Waals surface area contributed by atoms with Crippen molar-refractivity contribution >= 4 is 5.91 Å². The third-order valence-corrected chi connectivity index (χ3v) is 5.29. The highest BCUT2D eigenvalue weighted by Gasteiger charge is 2.27. The zero-order valence-electron chi connectivity index (χ0n) is 17.2. The van der Waals surface area contributed by atoms with Crippen molar-refractivity contribution in [2.75, 3.05) is 13.7 Å². The number of aryl methyl sites for hydroxylation is 1. The number of carbonyl (C=O) groups excluding carboxylic acids is 1. The van der Waals surface area contributed by atoms with Crippen molar-refractivity contribution in [3.05, 3.63) is 29.5 Å². The fourth-order valence-corrected chi connectivity index (χ4v) is 3.64. The zero-order chi connectivity index (χ0) is 20.1. The van der Waals surface area contributed by atoms with Crippen LogP contribution in [0.1, 0.15) is 62.7 Å². The summed E-state index contributed by atoms with van der Waals surface area (Å²) in [6.45, 7) is 6.54. The van der Waals surface area contributed by atoms with E-state index in [1.165, 1.54) is 0 Å². The highest BCUT2D eigenvalue weighted by molar-refractivity contribution is 5.78. The van der Waals surface area contributed by atoms with Crippen LogP contribution in [-0.4, -0.2) is 40.8 Å². The minimum Gasteiger partial charge on any atom is -0.381 e. The van der Waals surface area contributed by atoms with E-state index in [1.807, 2.05) is 13.0 Å². The van der Waals surface area contributed by atoms with Crippen molar-refractivity contribution in [3.8, 4) is 11.3 Å². The molecule has 1 aliphatic rings. The molecule has 0 spiro atoms. The summed E-state index contributed by atoms with van der Waals surface area (Å²) in [5.41, 5.74) is 2.51. The summed E-state index contributed by atoms with van der Waals surface area (Å²) in [5, 5.41) is 7.04. The van der Waals surface area contributed by atoms with Gasteiger partial charge in [-0.2, -0.15) is 0 Å². The van der Waals surface area contributed by atoms with Gasteiger partial charge in [-0.05, 0) is 26.2 Å². The van der Waals surface area contributed by atoms with E-state index in [1.54, 1.807) is 13.3 Å². The molecule has 1 aliphatic carbocycles. The monoisotopic (exact) mass is 386 g/mol. The first-order valence-corrected chi connectivity index (χ1v) is 10.1. The van der Waals surface area contributed by atoms with Crippen molar-refractivity contribution in [1.82, 2.24) is 20.4 Å². The maximum atomic E-state index is 12.6. The second-order valence-electron chi connectivity index (χ2n) is 7.84. The van der Waals surface area contributed by atoms with Gasteiger partial charge in [-0.3, -0.25) is 4.79 Å². The van der Waals surface area contributed by atoms with E-state index < -0.39 is 0 Å². The number of nitrogens with zero attached hydrogens (tertiary/aromatic N) is 3. The van der Waals surface area contributed by atoms with Crippen LogP contribution in [0.15, 0.2) is 16.8 Å². The van der Waals surface area contributed by atoms with Crippen LogP contribution in [0.2, 0.25) is 0 Å². The van der Waals surface area contributed by atoms with Crippen LogP contribution >= 0.6 is 0 Å². The molecule has 1 saturated carbocycles.